The number of ether oxygens (including phenoxy) is 1. The number of thiazole rings is 1. The molecule has 0 aliphatic carbocycles. The molecule has 0 saturated heterocycles. The van der Waals surface area contributed by atoms with Gasteiger partial charge in [-0.25, -0.2) is 4.98 Å². The number of nitrogens with zero attached hydrogens (tertiary/aromatic N) is 2. The number of benzene rings is 1. The van der Waals surface area contributed by atoms with Crippen LogP contribution in [0.15, 0.2) is 42.7 Å². The third-order valence-electron chi connectivity index (χ3n) is 2.71. The lowest BCUT2D eigenvalue weighted by Crippen LogP contribution is -1.80. The van der Waals surface area contributed by atoms with Crippen molar-refractivity contribution >= 4 is 33.7 Å². The summed E-state index contributed by atoms with van der Waals surface area (Å²) in [5.41, 5.74) is 2.07. The van der Waals surface area contributed by atoms with Crippen molar-refractivity contribution in [2.45, 2.75) is 0 Å². The van der Waals surface area contributed by atoms with Gasteiger partial charge in [0.1, 0.15) is 10.8 Å². The first-order valence-corrected chi connectivity index (χ1v) is 6.69. The molecule has 3 rings (SSSR count). The van der Waals surface area contributed by atoms with Crippen LogP contribution in [-0.2, 0) is 0 Å². The van der Waals surface area contributed by atoms with Crippen LogP contribution in [0.25, 0.3) is 22.4 Å². The molecule has 0 saturated carbocycles. The van der Waals surface area contributed by atoms with Crippen molar-refractivity contribution in [1.82, 2.24) is 9.97 Å². The molecule has 0 N–H and O–H groups in total. The maximum absolute atomic E-state index is 5.21. The Morgan fingerprint density at radius 1 is 1.21 bits per heavy atom. The minimum Gasteiger partial charge on any atom is -0.497 e. The number of rotatable bonds is 3. The van der Waals surface area contributed by atoms with Gasteiger partial charge in [0.2, 0.25) is 0 Å². The second-order valence-electron chi connectivity index (χ2n) is 4.01. The van der Waals surface area contributed by atoms with Gasteiger partial charge in [0.25, 0.3) is 0 Å². The summed E-state index contributed by atoms with van der Waals surface area (Å²) in [6, 6.07) is 9.85. The molecule has 0 spiro atoms. The van der Waals surface area contributed by atoms with Gasteiger partial charge in [-0.2, -0.15) is 0 Å². The van der Waals surface area contributed by atoms with E-state index >= 15 is 0 Å². The Kier molecular flexibility index (Phi) is 3.25. The van der Waals surface area contributed by atoms with Crippen LogP contribution in [-0.4, -0.2) is 17.1 Å². The SMILES string of the molecule is COc1ccc2nc(/C=C/c3cccnc3)sc2c1. The van der Waals surface area contributed by atoms with Crippen LogP contribution in [0, 0.1) is 0 Å². The van der Waals surface area contributed by atoms with Crippen LogP contribution in [0.5, 0.6) is 5.75 Å². The highest BCUT2D eigenvalue weighted by Crippen LogP contribution is 2.27. The van der Waals surface area contributed by atoms with Crippen molar-refractivity contribution < 1.29 is 4.74 Å². The zero-order valence-electron chi connectivity index (χ0n) is 10.4. The highest BCUT2D eigenvalue weighted by Gasteiger charge is 2.02. The van der Waals surface area contributed by atoms with Gasteiger partial charge in [-0.05, 0) is 35.9 Å². The summed E-state index contributed by atoms with van der Waals surface area (Å²) < 4.78 is 6.34. The smallest absolute Gasteiger partial charge is 0.120 e. The summed E-state index contributed by atoms with van der Waals surface area (Å²) in [6.45, 7) is 0. The highest BCUT2D eigenvalue weighted by atomic mass is 32.1. The van der Waals surface area contributed by atoms with Gasteiger partial charge in [0.15, 0.2) is 0 Å². The Bertz CT molecular complexity index is 719. The minimum atomic E-state index is 0.860. The Balaban J connectivity index is 1.91. The van der Waals surface area contributed by atoms with E-state index in [2.05, 4.69) is 9.97 Å². The fourth-order valence-electron chi connectivity index (χ4n) is 1.76. The van der Waals surface area contributed by atoms with Crippen LogP contribution in [0.2, 0.25) is 0 Å². The molecule has 94 valence electrons. The van der Waals surface area contributed by atoms with Crippen molar-refractivity contribution in [1.29, 1.82) is 0 Å². The van der Waals surface area contributed by atoms with E-state index in [0.717, 1.165) is 26.5 Å². The monoisotopic (exact) mass is 268 g/mol. The maximum atomic E-state index is 5.21. The molecule has 4 heteroatoms. The quantitative estimate of drug-likeness (QED) is 0.723. The topological polar surface area (TPSA) is 35.0 Å². The molecule has 3 aromatic rings. The average molecular weight is 268 g/mol. The van der Waals surface area contributed by atoms with Gasteiger partial charge in [0.05, 0.1) is 17.3 Å². The molecule has 2 aromatic heterocycles. The molecule has 0 bridgehead atoms. The van der Waals surface area contributed by atoms with E-state index in [1.54, 1.807) is 24.6 Å². The predicted octanol–water partition coefficient (Wildman–Crippen LogP) is 3.87. The predicted molar refractivity (Wildman–Crippen MR) is 79.3 cm³/mol. The number of aromatic nitrogens is 2. The van der Waals surface area contributed by atoms with E-state index in [1.165, 1.54) is 0 Å². The van der Waals surface area contributed by atoms with Crippen LogP contribution < -0.4 is 4.74 Å². The standard InChI is InChI=1S/C15H12N2OS/c1-18-12-5-6-13-14(9-12)19-15(17-13)7-4-11-3-2-8-16-10-11/h2-10H,1H3/b7-4+. The molecule has 0 aliphatic heterocycles. The summed E-state index contributed by atoms with van der Waals surface area (Å²) in [4.78, 5) is 8.64. The molecule has 3 nitrogen and oxygen atoms in total. The number of pyridine rings is 1. The Hall–Kier alpha value is -2.20. The zero-order chi connectivity index (χ0) is 13.1. The van der Waals surface area contributed by atoms with Gasteiger partial charge in [0, 0.05) is 12.4 Å². The first-order valence-electron chi connectivity index (χ1n) is 5.88. The highest BCUT2D eigenvalue weighted by molar-refractivity contribution is 7.19. The zero-order valence-corrected chi connectivity index (χ0v) is 11.2. The summed E-state index contributed by atoms with van der Waals surface area (Å²) in [5.74, 6) is 0.860. The fraction of sp³-hybridized carbons (Fsp3) is 0.0667. The number of methoxy groups -OCH3 is 1. The summed E-state index contributed by atoms with van der Waals surface area (Å²) in [5, 5.41) is 0.979. The third-order valence-corrected chi connectivity index (χ3v) is 3.70. The summed E-state index contributed by atoms with van der Waals surface area (Å²) in [7, 11) is 1.67. The van der Waals surface area contributed by atoms with Gasteiger partial charge in [-0.15, -0.1) is 11.3 Å². The molecule has 2 heterocycles. The van der Waals surface area contributed by atoms with Gasteiger partial charge in [-0.1, -0.05) is 12.1 Å². The van der Waals surface area contributed by atoms with Gasteiger partial charge < -0.3 is 4.74 Å². The molecule has 0 unspecified atom stereocenters. The second-order valence-corrected chi connectivity index (χ2v) is 5.07. The van der Waals surface area contributed by atoms with Gasteiger partial charge in [-0.3, -0.25) is 4.98 Å². The maximum Gasteiger partial charge on any atom is 0.120 e. The van der Waals surface area contributed by atoms with E-state index in [1.807, 2.05) is 48.7 Å². The Morgan fingerprint density at radius 2 is 2.16 bits per heavy atom. The van der Waals surface area contributed by atoms with E-state index in [9.17, 15) is 0 Å². The number of hydrogen-bond acceptors (Lipinski definition) is 4. The minimum absolute atomic E-state index is 0.860. The van der Waals surface area contributed by atoms with E-state index < -0.39 is 0 Å². The second kappa shape index (κ2) is 5.20. The van der Waals surface area contributed by atoms with Crippen molar-refractivity contribution in [2.24, 2.45) is 0 Å². The molecule has 0 atom stereocenters. The fourth-order valence-corrected chi connectivity index (χ4v) is 2.66. The first-order chi connectivity index (χ1) is 9.35. The Morgan fingerprint density at radius 3 is 2.95 bits per heavy atom. The molecule has 0 fully saturated rings. The molecule has 0 amide bonds. The van der Waals surface area contributed by atoms with Crippen LogP contribution in [0.3, 0.4) is 0 Å². The summed E-state index contributed by atoms with van der Waals surface area (Å²) in [6.07, 6.45) is 7.62. The Labute approximate surface area is 115 Å². The van der Waals surface area contributed by atoms with E-state index in [4.69, 9.17) is 4.74 Å². The average Bonchev–Trinajstić information content (AvgIpc) is 2.88. The normalized spacial score (nSPS) is 11.2. The number of fused-ring (bicyclic) bond motifs is 1. The van der Waals surface area contributed by atoms with Crippen molar-refractivity contribution in [2.75, 3.05) is 7.11 Å². The van der Waals surface area contributed by atoms with Gasteiger partial charge >= 0.3 is 0 Å². The molecular formula is C15H12N2OS. The van der Waals surface area contributed by atoms with Crippen LogP contribution in [0.1, 0.15) is 10.6 Å². The van der Waals surface area contributed by atoms with Crippen LogP contribution >= 0.6 is 11.3 Å². The lowest BCUT2D eigenvalue weighted by molar-refractivity contribution is 0.415. The van der Waals surface area contributed by atoms with E-state index in [0.29, 0.717) is 0 Å². The molecule has 1 aromatic carbocycles. The molecule has 19 heavy (non-hydrogen) atoms. The molecular weight excluding hydrogens is 256 g/mol. The molecule has 0 aliphatic rings. The third kappa shape index (κ3) is 2.63. The van der Waals surface area contributed by atoms with Crippen molar-refractivity contribution in [3.05, 3.63) is 53.3 Å². The van der Waals surface area contributed by atoms with Crippen molar-refractivity contribution in [3.8, 4) is 5.75 Å². The molecule has 0 radical (unpaired) electrons. The lowest BCUT2D eigenvalue weighted by atomic mass is 10.2. The summed E-state index contributed by atoms with van der Waals surface area (Å²) >= 11 is 1.65. The van der Waals surface area contributed by atoms with E-state index in [-0.39, 0.29) is 0 Å². The first kappa shape index (κ1) is 11.9. The lowest BCUT2D eigenvalue weighted by Gasteiger charge is -1.96. The van der Waals surface area contributed by atoms with Crippen LogP contribution in [0.4, 0.5) is 0 Å². The van der Waals surface area contributed by atoms with Crippen molar-refractivity contribution in [3.63, 3.8) is 0 Å². The number of hydrogen-bond donors (Lipinski definition) is 0. The largest absolute Gasteiger partial charge is 0.497 e.